The molecule has 124 valence electrons. The van der Waals surface area contributed by atoms with Crippen LogP contribution in [0, 0.1) is 0 Å². The van der Waals surface area contributed by atoms with Crippen LogP contribution in [0.25, 0.3) is 27.5 Å². The Bertz CT molecular complexity index is 1280. The largest absolute Gasteiger partial charge is 0.309 e. The highest BCUT2D eigenvalue weighted by Crippen LogP contribution is 2.55. The molecule has 0 amide bonds. The van der Waals surface area contributed by atoms with Gasteiger partial charge in [-0.15, -0.1) is 0 Å². The van der Waals surface area contributed by atoms with Crippen LogP contribution < -0.4 is 0 Å². The van der Waals surface area contributed by atoms with Crippen molar-refractivity contribution in [2.45, 2.75) is 19.3 Å². The molecule has 0 bridgehead atoms. The first-order valence-corrected chi connectivity index (χ1v) is 9.23. The Kier molecular flexibility index (Phi) is 2.48. The molecule has 2 heterocycles. The van der Waals surface area contributed by atoms with Gasteiger partial charge < -0.3 is 4.57 Å². The molecule has 1 spiro atoms. The molecule has 1 heteroatoms. The van der Waals surface area contributed by atoms with Crippen LogP contribution >= 0.6 is 0 Å². The van der Waals surface area contributed by atoms with Crippen molar-refractivity contribution in [2.24, 2.45) is 0 Å². The Labute approximate surface area is 152 Å². The molecule has 0 fully saturated rings. The molecule has 3 aromatic carbocycles. The second kappa shape index (κ2) is 4.56. The Hall–Kier alpha value is -3.06. The molecule has 4 aromatic rings. The van der Waals surface area contributed by atoms with Gasteiger partial charge in [-0.2, -0.15) is 0 Å². The van der Waals surface area contributed by atoms with Crippen LogP contribution in [0.2, 0.25) is 0 Å². The summed E-state index contributed by atoms with van der Waals surface area (Å²) in [6.45, 7) is 4.56. The summed E-state index contributed by atoms with van der Waals surface area (Å²) >= 11 is 0. The van der Waals surface area contributed by atoms with Gasteiger partial charge in [0.1, 0.15) is 0 Å². The number of allylic oxidation sites excluding steroid dienone is 4. The van der Waals surface area contributed by atoms with Gasteiger partial charge >= 0.3 is 0 Å². The highest BCUT2D eigenvalue weighted by atomic mass is 15.0. The Balaban J connectivity index is 1.96. The van der Waals surface area contributed by atoms with E-state index in [1.54, 1.807) is 0 Å². The van der Waals surface area contributed by atoms with E-state index in [2.05, 4.69) is 97.3 Å². The summed E-state index contributed by atoms with van der Waals surface area (Å²) in [6.07, 6.45) is 4.59. The van der Waals surface area contributed by atoms with Gasteiger partial charge in [0, 0.05) is 10.8 Å². The fourth-order valence-corrected chi connectivity index (χ4v) is 5.36. The lowest BCUT2D eigenvalue weighted by Crippen LogP contribution is -2.33. The monoisotopic (exact) mass is 333 g/mol. The lowest BCUT2D eigenvalue weighted by Gasteiger charge is -2.40. The van der Waals surface area contributed by atoms with E-state index >= 15 is 0 Å². The van der Waals surface area contributed by atoms with Crippen LogP contribution in [-0.2, 0) is 5.41 Å². The van der Waals surface area contributed by atoms with Crippen molar-refractivity contribution in [3.05, 3.63) is 101 Å². The molecular formula is C25H19N. The number of fused-ring (bicyclic) bond motifs is 7. The molecule has 1 aliphatic carbocycles. The van der Waals surface area contributed by atoms with Crippen LogP contribution in [0.1, 0.15) is 25.0 Å². The standard InChI is InChI=1S/C25H19N/c1-16-14-15-17(2)25(16)20-10-4-6-13-23(20)26-22-12-5-3-8-18(22)19-9-7-11-21(25)24(19)26/h3-15H,1-2H3. The first kappa shape index (κ1) is 14.1. The summed E-state index contributed by atoms with van der Waals surface area (Å²) in [5.74, 6) is 0. The van der Waals surface area contributed by atoms with Crippen LogP contribution in [-0.4, -0.2) is 4.57 Å². The van der Waals surface area contributed by atoms with Gasteiger partial charge in [-0.1, -0.05) is 77.9 Å². The average Bonchev–Trinajstić information content (AvgIpc) is 3.17. The Morgan fingerprint density at radius 3 is 2.15 bits per heavy atom. The number of hydrogen-bond donors (Lipinski definition) is 0. The van der Waals surface area contributed by atoms with E-state index in [0.717, 1.165) is 0 Å². The summed E-state index contributed by atoms with van der Waals surface area (Å²) in [5.41, 5.74) is 9.43. The average molecular weight is 333 g/mol. The predicted molar refractivity (Wildman–Crippen MR) is 109 cm³/mol. The highest BCUT2D eigenvalue weighted by Gasteiger charge is 2.46. The van der Waals surface area contributed by atoms with Crippen molar-refractivity contribution in [1.82, 2.24) is 4.57 Å². The number of aromatic nitrogens is 1. The van der Waals surface area contributed by atoms with Crippen LogP contribution in [0.5, 0.6) is 0 Å². The number of rotatable bonds is 0. The molecule has 0 saturated heterocycles. The summed E-state index contributed by atoms with van der Waals surface area (Å²) < 4.78 is 2.47. The fraction of sp³-hybridized carbons (Fsp3) is 0.120. The number of nitrogens with zero attached hydrogens (tertiary/aromatic N) is 1. The molecular weight excluding hydrogens is 314 g/mol. The van der Waals surface area contributed by atoms with E-state index in [9.17, 15) is 0 Å². The minimum atomic E-state index is -0.138. The highest BCUT2D eigenvalue weighted by molar-refractivity contribution is 6.12. The lowest BCUT2D eigenvalue weighted by molar-refractivity contribution is 0.706. The molecule has 1 aromatic heterocycles. The molecule has 0 saturated carbocycles. The zero-order chi connectivity index (χ0) is 17.5. The topological polar surface area (TPSA) is 4.93 Å². The SMILES string of the molecule is CC1=CC=C(C)C12c1ccccc1-n1c3ccccc3c3cccc2c31. The molecule has 1 aliphatic heterocycles. The molecule has 0 radical (unpaired) electrons. The minimum absolute atomic E-state index is 0.138. The van der Waals surface area contributed by atoms with E-state index in [-0.39, 0.29) is 5.41 Å². The van der Waals surface area contributed by atoms with Crippen molar-refractivity contribution in [3.8, 4) is 5.69 Å². The number of hydrogen-bond acceptors (Lipinski definition) is 0. The van der Waals surface area contributed by atoms with E-state index in [1.165, 1.54) is 49.8 Å². The first-order valence-electron chi connectivity index (χ1n) is 9.23. The van der Waals surface area contributed by atoms with Gasteiger partial charge in [0.2, 0.25) is 0 Å². The van der Waals surface area contributed by atoms with Gasteiger partial charge in [-0.3, -0.25) is 0 Å². The zero-order valence-electron chi connectivity index (χ0n) is 15.0. The van der Waals surface area contributed by atoms with E-state index < -0.39 is 0 Å². The number of para-hydroxylation sites is 3. The molecule has 0 unspecified atom stereocenters. The summed E-state index contributed by atoms with van der Waals surface area (Å²) in [6, 6.07) is 24.5. The molecule has 26 heavy (non-hydrogen) atoms. The minimum Gasteiger partial charge on any atom is -0.309 e. The smallest absolute Gasteiger partial charge is 0.0663 e. The maximum absolute atomic E-state index is 2.47. The van der Waals surface area contributed by atoms with Crippen molar-refractivity contribution in [2.75, 3.05) is 0 Å². The normalized spacial score (nSPS) is 16.8. The van der Waals surface area contributed by atoms with Crippen molar-refractivity contribution in [3.63, 3.8) is 0 Å². The lowest BCUT2D eigenvalue weighted by atomic mass is 9.65. The van der Waals surface area contributed by atoms with E-state index in [0.29, 0.717) is 0 Å². The van der Waals surface area contributed by atoms with Crippen LogP contribution in [0.4, 0.5) is 0 Å². The first-order chi connectivity index (χ1) is 12.7. The Morgan fingerprint density at radius 2 is 1.31 bits per heavy atom. The van der Waals surface area contributed by atoms with Crippen molar-refractivity contribution >= 4 is 21.8 Å². The molecule has 6 rings (SSSR count). The third-order valence-corrected chi connectivity index (χ3v) is 6.41. The number of benzene rings is 3. The fourth-order valence-electron chi connectivity index (χ4n) is 5.36. The summed E-state index contributed by atoms with van der Waals surface area (Å²) in [4.78, 5) is 0. The molecule has 0 N–H and O–H groups in total. The van der Waals surface area contributed by atoms with Crippen molar-refractivity contribution in [1.29, 1.82) is 0 Å². The quantitative estimate of drug-likeness (QED) is 0.356. The van der Waals surface area contributed by atoms with E-state index in [4.69, 9.17) is 0 Å². The maximum Gasteiger partial charge on any atom is 0.0663 e. The predicted octanol–water partition coefficient (Wildman–Crippen LogP) is 6.29. The second-order valence-corrected chi connectivity index (χ2v) is 7.52. The second-order valence-electron chi connectivity index (χ2n) is 7.52. The van der Waals surface area contributed by atoms with E-state index in [1.807, 2.05) is 0 Å². The third kappa shape index (κ3) is 1.37. The van der Waals surface area contributed by atoms with Gasteiger partial charge in [-0.25, -0.2) is 0 Å². The molecule has 2 aliphatic rings. The van der Waals surface area contributed by atoms with Crippen LogP contribution in [0.3, 0.4) is 0 Å². The maximum atomic E-state index is 2.47. The van der Waals surface area contributed by atoms with Gasteiger partial charge in [0.15, 0.2) is 0 Å². The zero-order valence-corrected chi connectivity index (χ0v) is 15.0. The van der Waals surface area contributed by atoms with Gasteiger partial charge in [0.05, 0.1) is 22.1 Å². The third-order valence-electron chi connectivity index (χ3n) is 6.41. The summed E-state index contributed by atoms with van der Waals surface area (Å²) in [5, 5.41) is 2.68. The molecule has 1 nitrogen and oxygen atoms in total. The van der Waals surface area contributed by atoms with Gasteiger partial charge in [-0.05, 0) is 37.1 Å². The van der Waals surface area contributed by atoms with Crippen LogP contribution in [0.15, 0.2) is 90.0 Å². The summed E-state index contributed by atoms with van der Waals surface area (Å²) in [7, 11) is 0. The Morgan fingerprint density at radius 1 is 0.654 bits per heavy atom. The van der Waals surface area contributed by atoms with Gasteiger partial charge in [0.25, 0.3) is 0 Å². The van der Waals surface area contributed by atoms with Crippen molar-refractivity contribution < 1.29 is 0 Å². The molecule has 0 atom stereocenters.